The van der Waals surface area contributed by atoms with Gasteiger partial charge in [-0.2, -0.15) is 10.1 Å². The van der Waals surface area contributed by atoms with Crippen molar-refractivity contribution in [1.29, 1.82) is 0 Å². The van der Waals surface area contributed by atoms with Gasteiger partial charge in [0.2, 0.25) is 17.4 Å². The van der Waals surface area contributed by atoms with E-state index in [1.165, 1.54) is 10.9 Å². The third-order valence-corrected chi connectivity index (χ3v) is 1.75. The van der Waals surface area contributed by atoms with Gasteiger partial charge in [0, 0.05) is 14.0 Å². The van der Waals surface area contributed by atoms with Crippen LogP contribution in [0, 0.1) is 17.0 Å². The first-order chi connectivity index (χ1) is 7.08. The van der Waals surface area contributed by atoms with Crippen LogP contribution in [0.2, 0.25) is 0 Å². The fourth-order valence-corrected chi connectivity index (χ4v) is 1.16. The van der Waals surface area contributed by atoms with Crippen molar-refractivity contribution in [1.82, 2.24) is 19.9 Å². The highest BCUT2D eigenvalue weighted by Crippen LogP contribution is 2.25. The highest BCUT2D eigenvalue weighted by molar-refractivity contribution is 5.61. The van der Waals surface area contributed by atoms with E-state index in [1.807, 2.05) is 0 Å². The van der Waals surface area contributed by atoms with Gasteiger partial charge < -0.3 is 4.52 Å². The molecular weight excluding hydrogens is 202 g/mol. The molecule has 0 aliphatic heterocycles. The lowest BCUT2D eigenvalue weighted by molar-refractivity contribution is -0.384. The van der Waals surface area contributed by atoms with Crippen molar-refractivity contribution in [3.8, 4) is 11.5 Å². The SMILES string of the molecule is Cc1nc(-c2nn(C)cc2[N+](=O)[O-])no1. The largest absolute Gasteiger partial charge is 0.339 e. The zero-order chi connectivity index (χ0) is 11.0. The molecule has 8 heteroatoms. The number of nitrogens with zero attached hydrogens (tertiary/aromatic N) is 5. The van der Waals surface area contributed by atoms with Crippen LogP contribution in [0.3, 0.4) is 0 Å². The van der Waals surface area contributed by atoms with Crippen LogP contribution >= 0.6 is 0 Å². The zero-order valence-corrected chi connectivity index (χ0v) is 8.04. The number of aryl methyl sites for hydroxylation is 2. The summed E-state index contributed by atoms with van der Waals surface area (Å²) in [6, 6.07) is 0. The number of hydrogen-bond donors (Lipinski definition) is 0. The predicted molar refractivity (Wildman–Crippen MR) is 47.9 cm³/mol. The van der Waals surface area contributed by atoms with Gasteiger partial charge in [0.1, 0.15) is 6.20 Å². The van der Waals surface area contributed by atoms with Gasteiger partial charge in [-0.3, -0.25) is 14.8 Å². The van der Waals surface area contributed by atoms with Crippen LogP contribution < -0.4 is 0 Å². The van der Waals surface area contributed by atoms with E-state index < -0.39 is 4.92 Å². The second kappa shape index (κ2) is 3.15. The van der Waals surface area contributed by atoms with Crippen molar-refractivity contribution >= 4 is 5.69 Å². The highest BCUT2D eigenvalue weighted by atomic mass is 16.6. The fourth-order valence-electron chi connectivity index (χ4n) is 1.16. The second-order valence-corrected chi connectivity index (χ2v) is 2.93. The molecule has 0 saturated heterocycles. The molecular formula is C7H7N5O3. The van der Waals surface area contributed by atoms with Crippen LogP contribution in [0.15, 0.2) is 10.7 Å². The van der Waals surface area contributed by atoms with Gasteiger partial charge in [-0.05, 0) is 0 Å². The van der Waals surface area contributed by atoms with E-state index in [1.54, 1.807) is 14.0 Å². The molecule has 0 aromatic carbocycles. The molecule has 0 aliphatic rings. The normalized spacial score (nSPS) is 10.5. The molecule has 8 nitrogen and oxygen atoms in total. The lowest BCUT2D eigenvalue weighted by Gasteiger charge is -1.86. The van der Waals surface area contributed by atoms with Gasteiger partial charge in [-0.1, -0.05) is 5.16 Å². The lowest BCUT2D eigenvalue weighted by Crippen LogP contribution is -1.91. The molecule has 0 spiro atoms. The van der Waals surface area contributed by atoms with Gasteiger partial charge in [0.05, 0.1) is 4.92 Å². The van der Waals surface area contributed by atoms with E-state index in [-0.39, 0.29) is 17.2 Å². The molecule has 0 radical (unpaired) electrons. The third kappa shape index (κ3) is 1.56. The van der Waals surface area contributed by atoms with Crippen LogP contribution in [-0.2, 0) is 7.05 Å². The Balaban J connectivity index is 2.56. The van der Waals surface area contributed by atoms with Gasteiger partial charge in [0.25, 0.3) is 0 Å². The summed E-state index contributed by atoms with van der Waals surface area (Å²) in [6.07, 6.45) is 1.29. The Kier molecular flexibility index (Phi) is 1.96. The minimum absolute atomic E-state index is 0.111. The zero-order valence-electron chi connectivity index (χ0n) is 8.04. The van der Waals surface area contributed by atoms with Crippen molar-refractivity contribution < 1.29 is 9.45 Å². The first-order valence-electron chi connectivity index (χ1n) is 4.06. The minimum atomic E-state index is -0.534. The molecule has 2 heterocycles. The predicted octanol–water partition coefficient (Wildman–Crippen LogP) is 0.687. The van der Waals surface area contributed by atoms with Crippen molar-refractivity contribution in [3.05, 3.63) is 22.2 Å². The van der Waals surface area contributed by atoms with Gasteiger partial charge >= 0.3 is 5.69 Å². The Labute approximate surface area is 83.7 Å². The van der Waals surface area contributed by atoms with Crippen molar-refractivity contribution in [2.45, 2.75) is 6.92 Å². The maximum Gasteiger partial charge on any atom is 0.318 e. The van der Waals surface area contributed by atoms with E-state index in [9.17, 15) is 10.1 Å². The molecule has 2 aromatic rings. The number of rotatable bonds is 2. The molecule has 2 aromatic heterocycles. The van der Waals surface area contributed by atoms with Crippen molar-refractivity contribution in [3.63, 3.8) is 0 Å². The molecule has 0 aliphatic carbocycles. The quantitative estimate of drug-likeness (QED) is 0.532. The van der Waals surface area contributed by atoms with E-state index in [0.29, 0.717) is 5.89 Å². The first-order valence-corrected chi connectivity index (χ1v) is 4.06. The lowest BCUT2D eigenvalue weighted by atomic mass is 10.3. The van der Waals surface area contributed by atoms with E-state index in [4.69, 9.17) is 4.52 Å². The van der Waals surface area contributed by atoms with Crippen LogP contribution in [0.5, 0.6) is 0 Å². The second-order valence-electron chi connectivity index (χ2n) is 2.93. The Morgan fingerprint density at radius 1 is 1.60 bits per heavy atom. The molecule has 0 fully saturated rings. The molecule has 0 saturated carbocycles. The summed E-state index contributed by atoms with van der Waals surface area (Å²) in [6.45, 7) is 1.60. The monoisotopic (exact) mass is 209 g/mol. The van der Waals surface area contributed by atoms with E-state index >= 15 is 0 Å². The highest BCUT2D eigenvalue weighted by Gasteiger charge is 2.23. The number of hydrogen-bond acceptors (Lipinski definition) is 6. The average Bonchev–Trinajstić information content (AvgIpc) is 2.71. The number of aromatic nitrogens is 4. The third-order valence-electron chi connectivity index (χ3n) is 1.75. The summed E-state index contributed by atoms with van der Waals surface area (Å²) in [5.74, 6) is 0.463. The maximum absolute atomic E-state index is 10.7. The minimum Gasteiger partial charge on any atom is -0.339 e. The Bertz CT molecular complexity index is 514. The first kappa shape index (κ1) is 9.31. The molecule has 0 N–H and O–H groups in total. The van der Waals surface area contributed by atoms with Crippen LogP contribution in [0.4, 0.5) is 5.69 Å². The Morgan fingerprint density at radius 3 is 2.87 bits per heavy atom. The fraction of sp³-hybridized carbons (Fsp3) is 0.286. The molecule has 0 amide bonds. The standard InChI is InChI=1S/C7H7N5O3/c1-4-8-7(10-15-4)6-5(12(13)14)3-11(2)9-6/h3H,1-2H3. The van der Waals surface area contributed by atoms with Gasteiger partial charge in [0.15, 0.2) is 0 Å². The summed E-state index contributed by atoms with van der Waals surface area (Å²) in [5, 5.41) is 18.2. The van der Waals surface area contributed by atoms with Gasteiger partial charge in [-0.15, -0.1) is 0 Å². The smallest absolute Gasteiger partial charge is 0.318 e. The van der Waals surface area contributed by atoms with Crippen LogP contribution in [-0.4, -0.2) is 24.8 Å². The molecule has 0 unspecified atom stereocenters. The number of nitro groups is 1. The van der Waals surface area contributed by atoms with Gasteiger partial charge in [-0.25, -0.2) is 0 Å². The Hall–Kier alpha value is -2.25. The molecule has 2 rings (SSSR count). The van der Waals surface area contributed by atoms with Crippen LogP contribution in [0.25, 0.3) is 11.5 Å². The van der Waals surface area contributed by atoms with Crippen molar-refractivity contribution in [2.75, 3.05) is 0 Å². The molecule has 0 bridgehead atoms. The average molecular weight is 209 g/mol. The molecule has 0 atom stereocenters. The molecule has 78 valence electrons. The summed E-state index contributed by atoms with van der Waals surface area (Å²) >= 11 is 0. The van der Waals surface area contributed by atoms with Crippen molar-refractivity contribution in [2.24, 2.45) is 7.05 Å². The maximum atomic E-state index is 10.7. The summed E-state index contributed by atoms with van der Waals surface area (Å²) in [4.78, 5) is 14.0. The Morgan fingerprint density at radius 2 is 2.33 bits per heavy atom. The summed E-state index contributed by atoms with van der Waals surface area (Å²) in [5.41, 5.74) is -0.0300. The van der Waals surface area contributed by atoms with E-state index in [0.717, 1.165) is 0 Å². The summed E-state index contributed by atoms with van der Waals surface area (Å²) in [7, 11) is 1.59. The molecule has 15 heavy (non-hydrogen) atoms. The summed E-state index contributed by atoms with van der Waals surface area (Å²) < 4.78 is 6.06. The topological polar surface area (TPSA) is 99.9 Å². The van der Waals surface area contributed by atoms with E-state index in [2.05, 4.69) is 15.2 Å². The van der Waals surface area contributed by atoms with Crippen LogP contribution in [0.1, 0.15) is 5.89 Å².